The molecule has 6 nitrogen and oxygen atoms in total. The predicted octanol–water partition coefficient (Wildman–Crippen LogP) is 1.72. The number of aromatic nitrogens is 4. The van der Waals surface area contributed by atoms with Crippen molar-refractivity contribution in [3.8, 4) is 0 Å². The van der Waals surface area contributed by atoms with Crippen LogP contribution in [0.5, 0.6) is 0 Å². The number of hydrogen-bond acceptors (Lipinski definition) is 3. The molecule has 0 aliphatic rings. The van der Waals surface area contributed by atoms with Gasteiger partial charge in [0.1, 0.15) is 17.4 Å². The molecule has 0 aliphatic heterocycles. The second-order valence-corrected chi connectivity index (χ2v) is 5.30. The molecule has 1 unspecified atom stereocenters. The van der Waals surface area contributed by atoms with E-state index in [0.29, 0.717) is 5.82 Å². The molecule has 2 aromatic heterocycles. The molecule has 2 heterocycles. The fourth-order valence-corrected chi connectivity index (χ4v) is 2.66. The van der Waals surface area contributed by atoms with Crippen LogP contribution in [-0.4, -0.2) is 44.2 Å². The molecule has 1 atom stereocenters. The monoisotopic (exact) mass is 297 g/mol. The van der Waals surface area contributed by atoms with Crippen molar-refractivity contribution in [3.05, 3.63) is 11.5 Å². The van der Waals surface area contributed by atoms with Crippen molar-refractivity contribution in [1.29, 1.82) is 0 Å². The van der Waals surface area contributed by atoms with E-state index in [1.54, 1.807) is 23.7 Å². The number of alkyl halides is 1. The normalized spacial score (nSPS) is 12.9. The summed E-state index contributed by atoms with van der Waals surface area (Å²) in [5.41, 5.74) is 2.61. The van der Waals surface area contributed by atoms with Crippen LogP contribution in [0.1, 0.15) is 31.4 Å². The van der Waals surface area contributed by atoms with Crippen molar-refractivity contribution in [2.75, 3.05) is 14.1 Å². The maximum atomic E-state index is 12.2. The zero-order valence-electron chi connectivity index (χ0n) is 12.5. The number of imidazole rings is 1. The Balaban J connectivity index is 2.67. The first-order valence-electron chi connectivity index (χ1n) is 6.62. The number of carbonyl (C=O) groups excluding carboxylic acids is 1. The molecule has 20 heavy (non-hydrogen) atoms. The Bertz CT molecular complexity index is 643. The molecule has 1 amide bonds. The number of aryl methyl sites for hydroxylation is 2. The standard InChI is InChI=1S/C13H20ClN5O/c1-6-9-11-12(18(5)16-9)19(10(7-14)15-11)8(2)13(20)17(3)4/h8H,6-7H2,1-5H3. The van der Waals surface area contributed by atoms with Gasteiger partial charge in [0, 0.05) is 21.1 Å². The van der Waals surface area contributed by atoms with E-state index in [1.165, 1.54) is 0 Å². The zero-order valence-corrected chi connectivity index (χ0v) is 13.3. The van der Waals surface area contributed by atoms with Gasteiger partial charge in [0.15, 0.2) is 5.65 Å². The molecule has 0 N–H and O–H groups in total. The number of carbonyl (C=O) groups is 1. The lowest BCUT2D eigenvalue weighted by Crippen LogP contribution is -2.31. The van der Waals surface area contributed by atoms with Crippen LogP contribution in [0.15, 0.2) is 0 Å². The van der Waals surface area contributed by atoms with Gasteiger partial charge in [-0.2, -0.15) is 5.10 Å². The zero-order chi connectivity index (χ0) is 15.0. The molecule has 0 radical (unpaired) electrons. The van der Waals surface area contributed by atoms with Gasteiger partial charge in [-0.1, -0.05) is 6.92 Å². The van der Waals surface area contributed by atoms with E-state index >= 15 is 0 Å². The molecule has 110 valence electrons. The van der Waals surface area contributed by atoms with Crippen LogP contribution in [0, 0.1) is 0 Å². The number of amides is 1. The average molecular weight is 298 g/mol. The third-order valence-corrected chi connectivity index (χ3v) is 3.69. The summed E-state index contributed by atoms with van der Waals surface area (Å²) in [4.78, 5) is 18.4. The third kappa shape index (κ3) is 2.18. The average Bonchev–Trinajstić information content (AvgIpc) is 2.94. The van der Waals surface area contributed by atoms with Crippen molar-refractivity contribution in [3.63, 3.8) is 0 Å². The highest BCUT2D eigenvalue weighted by Gasteiger charge is 2.25. The van der Waals surface area contributed by atoms with Gasteiger partial charge in [-0.05, 0) is 13.3 Å². The number of likely N-dealkylation sites (N-methyl/N-ethyl adjacent to an activating group) is 1. The van der Waals surface area contributed by atoms with Gasteiger partial charge >= 0.3 is 0 Å². The van der Waals surface area contributed by atoms with Crippen LogP contribution in [0.2, 0.25) is 0 Å². The van der Waals surface area contributed by atoms with E-state index < -0.39 is 0 Å². The maximum absolute atomic E-state index is 12.2. The first kappa shape index (κ1) is 14.8. The summed E-state index contributed by atoms with van der Waals surface area (Å²) in [6.07, 6.45) is 0.798. The Kier molecular flexibility index (Phi) is 4.04. The van der Waals surface area contributed by atoms with Crippen molar-refractivity contribution in [2.45, 2.75) is 32.2 Å². The van der Waals surface area contributed by atoms with Gasteiger partial charge < -0.3 is 4.90 Å². The van der Waals surface area contributed by atoms with Crippen molar-refractivity contribution < 1.29 is 4.79 Å². The summed E-state index contributed by atoms with van der Waals surface area (Å²) in [5.74, 6) is 0.977. The minimum Gasteiger partial charge on any atom is -0.347 e. The fraction of sp³-hybridized carbons (Fsp3) is 0.615. The molecule has 0 saturated heterocycles. The number of fused-ring (bicyclic) bond motifs is 1. The first-order chi connectivity index (χ1) is 9.42. The Morgan fingerprint density at radius 1 is 1.45 bits per heavy atom. The Hall–Kier alpha value is -1.56. The van der Waals surface area contributed by atoms with Gasteiger partial charge in [-0.25, -0.2) is 4.98 Å². The highest BCUT2D eigenvalue weighted by Crippen LogP contribution is 2.25. The van der Waals surface area contributed by atoms with Gasteiger partial charge in [0.2, 0.25) is 5.91 Å². The summed E-state index contributed by atoms with van der Waals surface area (Å²) in [6, 6.07) is -0.358. The highest BCUT2D eigenvalue weighted by atomic mass is 35.5. The number of nitrogens with zero attached hydrogens (tertiary/aromatic N) is 5. The lowest BCUT2D eigenvalue weighted by molar-refractivity contribution is -0.131. The molecule has 0 fully saturated rings. The molecule has 2 aromatic rings. The van der Waals surface area contributed by atoms with Crippen LogP contribution in [0.25, 0.3) is 11.2 Å². The van der Waals surface area contributed by atoms with Gasteiger partial charge in [0.25, 0.3) is 0 Å². The predicted molar refractivity (Wildman–Crippen MR) is 78.8 cm³/mol. The van der Waals surface area contributed by atoms with E-state index in [1.807, 2.05) is 25.5 Å². The molecule has 0 aromatic carbocycles. The minimum absolute atomic E-state index is 0.00918. The minimum atomic E-state index is -0.358. The van der Waals surface area contributed by atoms with E-state index in [2.05, 4.69) is 10.1 Å². The van der Waals surface area contributed by atoms with Gasteiger partial charge in [0.05, 0.1) is 11.6 Å². The maximum Gasteiger partial charge on any atom is 0.244 e. The lowest BCUT2D eigenvalue weighted by atomic mass is 10.3. The van der Waals surface area contributed by atoms with Crippen LogP contribution in [-0.2, 0) is 24.1 Å². The smallest absolute Gasteiger partial charge is 0.244 e. The number of rotatable bonds is 4. The third-order valence-electron chi connectivity index (χ3n) is 3.45. The van der Waals surface area contributed by atoms with Crippen molar-refractivity contribution >= 4 is 28.7 Å². The largest absolute Gasteiger partial charge is 0.347 e. The highest BCUT2D eigenvalue weighted by molar-refractivity contribution is 6.16. The fourth-order valence-electron chi connectivity index (χ4n) is 2.47. The van der Waals surface area contributed by atoms with Crippen LogP contribution < -0.4 is 0 Å². The summed E-state index contributed by atoms with van der Waals surface area (Å²) < 4.78 is 3.66. The van der Waals surface area contributed by atoms with E-state index in [-0.39, 0.29) is 17.8 Å². The summed E-state index contributed by atoms with van der Waals surface area (Å²) in [7, 11) is 5.35. The van der Waals surface area contributed by atoms with E-state index in [4.69, 9.17) is 11.6 Å². The SMILES string of the molecule is CCc1nn(C)c2c1nc(CCl)n2C(C)C(=O)N(C)C. The van der Waals surface area contributed by atoms with Crippen molar-refractivity contribution in [1.82, 2.24) is 24.2 Å². The first-order valence-corrected chi connectivity index (χ1v) is 7.15. The Morgan fingerprint density at radius 3 is 2.60 bits per heavy atom. The van der Waals surface area contributed by atoms with Crippen LogP contribution in [0.4, 0.5) is 0 Å². The van der Waals surface area contributed by atoms with Crippen molar-refractivity contribution in [2.24, 2.45) is 7.05 Å². The van der Waals surface area contributed by atoms with Crippen LogP contribution >= 0.6 is 11.6 Å². The topological polar surface area (TPSA) is 56.0 Å². The molecule has 0 saturated carbocycles. The summed E-state index contributed by atoms with van der Waals surface area (Å²) >= 11 is 6.00. The molecular formula is C13H20ClN5O. The van der Waals surface area contributed by atoms with E-state index in [9.17, 15) is 4.79 Å². The lowest BCUT2D eigenvalue weighted by Gasteiger charge is -2.20. The second kappa shape index (κ2) is 5.44. The molecule has 0 bridgehead atoms. The summed E-state index contributed by atoms with van der Waals surface area (Å²) in [6.45, 7) is 3.90. The molecule has 7 heteroatoms. The molecule has 0 spiro atoms. The van der Waals surface area contributed by atoms with Gasteiger partial charge in [-0.15, -0.1) is 11.6 Å². The molecular weight excluding hydrogens is 278 g/mol. The van der Waals surface area contributed by atoms with Crippen LogP contribution in [0.3, 0.4) is 0 Å². The quantitative estimate of drug-likeness (QED) is 0.808. The second-order valence-electron chi connectivity index (χ2n) is 5.04. The number of halogens is 1. The van der Waals surface area contributed by atoms with E-state index in [0.717, 1.165) is 23.3 Å². The molecule has 0 aliphatic carbocycles. The number of hydrogen-bond donors (Lipinski definition) is 0. The van der Waals surface area contributed by atoms with Gasteiger partial charge in [-0.3, -0.25) is 14.0 Å². The molecule has 2 rings (SSSR count). The Morgan fingerprint density at radius 2 is 2.10 bits per heavy atom. The Labute approximate surface area is 123 Å². The summed E-state index contributed by atoms with van der Waals surface area (Å²) in [5, 5.41) is 4.46.